The van der Waals surface area contributed by atoms with Crippen LogP contribution >= 0.6 is 0 Å². The van der Waals surface area contributed by atoms with Crippen molar-refractivity contribution in [1.82, 2.24) is 10.2 Å². The zero-order valence-electron chi connectivity index (χ0n) is 14.5. The van der Waals surface area contributed by atoms with Crippen LogP contribution < -0.4 is 10.6 Å². The van der Waals surface area contributed by atoms with Gasteiger partial charge in [0.1, 0.15) is 0 Å². The minimum absolute atomic E-state index is 0.270. The van der Waals surface area contributed by atoms with E-state index in [2.05, 4.69) is 33.8 Å². The summed E-state index contributed by atoms with van der Waals surface area (Å²) in [5.41, 5.74) is 5.44. The van der Waals surface area contributed by atoms with Crippen molar-refractivity contribution in [1.29, 1.82) is 0 Å². The van der Waals surface area contributed by atoms with Crippen LogP contribution in [0.25, 0.3) is 0 Å². The van der Waals surface area contributed by atoms with Crippen molar-refractivity contribution in [3.8, 4) is 0 Å². The number of nitrogens with one attached hydrogen (secondary N) is 2. The van der Waals surface area contributed by atoms with Crippen LogP contribution in [0.4, 0.5) is 17.2 Å². The first-order valence-electron chi connectivity index (χ1n) is 8.07. The van der Waals surface area contributed by atoms with E-state index in [0.29, 0.717) is 5.82 Å². The van der Waals surface area contributed by atoms with Gasteiger partial charge in [0.25, 0.3) is 5.91 Å². The Labute approximate surface area is 147 Å². The maximum atomic E-state index is 12.2. The first kappa shape index (κ1) is 16.6. The highest BCUT2D eigenvalue weighted by atomic mass is 16.1. The highest BCUT2D eigenvalue weighted by molar-refractivity contribution is 6.02. The number of hydrogen-bond donors (Lipinski definition) is 2. The molecule has 5 heteroatoms. The summed E-state index contributed by atoms with van der Waals surface area (Å²) in [6.45, 7) is 6.09. The van der Waals surface area contributed by atoms with Gasteiger partial charge in [-0.15, -0.1) is 10.2 Å². The van der Waals surface area contributed by atoms with E-state index in [4.69, 9.17) is 0 Å². The summed E-state index contributed by atoms with van der Waals surface area (Å²) in [6, 6.07) is 17.1. The topological polar surface area (TPSA) is 66.9 Å². The smallest absolute Gasteiger partial charge is 0.276 e. The molecule has 0 unspecified atom stereocenters. The molecule has 0 saturated heterocycles. The van der Waals surface area contributed by atoms with E-state index in [0.717, 1.165) is 22.5 Å². The number of aryl methyl sites for hydroxylation is 3. The van der Waals surface area contributed by atoms with Crippen LogP contribution in [-0.4, -0.2) is 16.1 Å². The first-order valence-corrected chi connectivity index (χ1v) is 8.07. The van der Waals surface area contributed by atoms with Crippen LogP contribution in [0.1, 0.15) is 27.2 Å². The molecular weight excluding hydrogens is 312 g/mol. The number of benzene rings is 2. The summed E-state index contributed by atoms with van der Waals surface area (Å²) in [6.07, 6.45) is 0. The number of carbonyl (C=O) groups excluding carboxylic acids is 1. The number of hydrogen-bond acceptors (Lipinski definition) is 4. The van der Waals surface area contributed by atoms with E-state index in [1.165, 1.54) is 5.56 Å². The molecule has 0 fully saturated rings. The van der Waals surface area contributed by atoms with Crippen molar-refractivity contribution in [3.63, 3.8) is 0 Å². The fourth-order valence-electron chi connectivity index (χ4n) is 2.44. The van der Waals surface area contributed by atoms with Gasteiger partial charge in [-0.3, -0.25) is 4.79 Å². The Bertz CT molecular complexity index is 887. The molecule has 0 aliphatic heterocycles. The lowest BCUT2D eigenvalue weighted by Gasteiger charge is -2.09. The molecule has 2 aromatic carbocycles. The number of rotatable bonds is 4. The average Bonchev–Trinajstić information content (AvgIpc) is 2.60. The summed E-state index contributed by atoms with van der Waals surface area (Å²) in [4.78, 5) is 12.2. The second kappa shape index (κ2) is 7.13. The monoisotopic (exact) mass is 332 g/mol. The molecule has 25 heavy (non-hydrogen) atoms. The summed E-state index contributed by atoms with van der Waals surface area (Å²) >= 11 is 0. The van der Waals surface area contributed by atoms with E-state index in [9.17, 15) is 4.79 Å². The lowest BCUT2D eigenvalue weighted by atomic mass is 10.1. The van der Waals surface area contributed by atoms with E-state index in [1.807, 2.05) is 50.2 Å². The van der Waals surface area contributed by atoms with E-state index in [1.54, 1.807) is 12.1 Å². The molecule has 126 valence electrons. The second-order valence-corrected chi connectivity index (χ2v) is 6.07. The SMILES string of the molecule is Cc1ccc(NC(=O)c2ccc(Nc3ccc(C)cc3C)nn2)cc1. The Balaban J connectivity index is 1.69. The summed E-state index contributed by atoms with van der Waals surface area (Å²) in [7, 11) is 0. The fourth-order valence-corrected chi connectivity index (χ4v) is 2.44. The van der Waals surface area contributed by atoms with Gasteiger partial charge in [-0.1, -0.05) is 35.4 Å². The van der Waals surface area contributed by atoms with E-state index >= 15 is 0 Å². The number of nitrogens with zero attached hydrogens (tertiary/aromatic N) is 2. The van der Waals surface area contributed by atoms with Crippen LogP contribution in [0.5, 0.6) is 0 Å². The third kappa shape index (κ3) is 4.20. The number of carbonyl (C=O) groups is 1. The predicted molar refractivity (Wildman–Crippen MR) is 100 cm³/mol. The number of aromatic nitrogens is 2. The van der Waals surface area contributed by atoms with Crippen LogP contribution in [-0.2, 0) is 0 Å². The van der Waals surface area contributed by atoms with Gasteiger partial charge in [-0.25, -0.2) is 0 Å². The highest BCUT2D eigenvalue weighted by Gasteiger charge is 2.09. The molecule has 1 heterocycles. The number of anilines is 3. The first-order chi connectivity index (χ1) is 12.0. The highest BCUT2D eigenvalue weighted by Crippen LogP contribution is 2.20. The zero-order chi connectivity index (χ0) is 17.8. The molecule has 1 aromatic heterocycles. The van der Waals surface area contributed by atoms with Gasteiger partial charge in [0.15, 0.2) is 11.5 Å². The normalized spacial score (nSPS) is 10.4. The van der Waals surface area contributed by atoms with E-state index < -0.39 is 0 Å². The van der Waals surface area contributed by atoms with Crippen molar-refractivity contribution in [2.24, 2.45) is 0 Å². The Morgan fingerprint density at radius 3 is 2.20 bits per heavy atom. The van der Waals surface area contributed by atoms with Crippen molar-refractivity contribution in [2.45, 2.75) is 20.8 Å². The third-order valence-electron chi connectivity index (χ3n) is 3.85. The molecule has 3 rings (SSSR count). The molecule has 0 radical (unpaired) electrons. The molecule has 3 aromatic rings. The minimum Gasteiger partial charge on any atom is -0.339 e. The Morgan fingerprint density at radius 1 is 0.840 bits per heavy atom. The largest absolute Gasteiger partial charge is 0.339 e. The van der Waals surface area contributed by atoms with Gasteiger partial charge >= 0.3 is 0 Å². The van der Waals surface area contributed by atoms with Crippen LogP contribution in [0.2, 0.25) is 0 Å². The van der Waals surface area contributed by atoms with Gasteiger partial charge in [0.2, 0.25) is 0 Å². The summed E-state index contributed by atoms with van der Waals surface area (Å²) in [5, 5.41) is 14.1. The Hall–Kier alpha value is -3.21. The molecule has 0 aliphatic carbocycles. The molecule has 2 N–H and O–H groups in total. The van der Waals surface area contributed by atoms with Crippen LogP contribution in [0.15, 0.2) is 54.6 Å². The maximum Gasteiger partial charge on any atom is 0.276 e. The van der Waals surface area contributed by atoms with Crippen LogP contribution in [0.3, 0.4) is 0 Å². The summed E-state index contributed by atoms with van der Waals surface area (Å²) < 4.78 is 0. The van der Waals surface area contributed by atoms with Gasteiger partial charge in [0, 0.05) is 11.4 Å². The molecule has 0 aliphatic rings. The Morgan fingerprint density at radius 2 is 1.56 bits per heavy atom. The molecule has 0 bridgehead atoms. The van der Waals surface area contributed by atoms with Gasteiger partial charge in [-0.05, 0) is 56.7 Å². The molecule has 0 spiro atoms. The summed E-state index contributed by atoms with van der Waals surface area (Å²) in [5.74, 6) is 0.313. The fraction of sp³-hybridized carbons (Fsp3) is 0.150. The van der Waals surface area contributed by atoms with Crippen molar-refractivity contribution in [3.05, 3.63) is 77.0 Å². The lowest BCUT2D eigenvalue weighted by molar-refractivity contribution is 0.102. The van der Waals surface area contributed by atoms with Gasteiger partial charge in [-0.2, -0.15) is 0 Å². The van der Waals surface area contributed by atoms with Gasteiger partial charge < -0.3 is 10.6 Å². The molecule has 0 saturated carbocycles. The van der Waals surface area contributed by atoms with Crippen molar-refractivity contribution >= 4 is 23.1 Å². The zero-order valence-corrected chi connectivity index (χ0v) is 14.5. The van der Waals surface area contributed by atoms with E-state index in [-0.39, 0.29) is 11.6 Å². The maximum absolute atomic E-state index is 12.2. The Kier molecular flexibility index (Phi) is 4.75. The molecule has 5 nitrogen and oxygen atoms in total. The minimum atomic E-state index is -0.283. The average molecular weight is 332 g/mol. The molecular formula is C20H20N4O. The molecule has 0 atom stereocenters. The van der Waals surface area contributed by atoms with Crippen LogP contribution in [0, 0.1) is 20.8 Å². The van der Waals surface area contributed by atoms with Gasteiger partial charge in [0.05, 0.1) is 0 Å². The standard InChI is InChI=1S/C20H20N4O/c1-13-4-7-16(8-5-13)21-20(25)18-10-11-19(24-23-18)22-17-9-6-14(2)12-15(17)3/h4-12H,1-3H3,(H,21,25)(H,22,24). The molecule has 1 amide bonds. The lowest BCUT2D eigenvalue weighted by Crippen LogP contribution is -2.14. The third-order valence-corrected chi connectivity index (χ3v) is 3.85. The van der Waals surface area contributed by atoms with Crippen molar-refractivity contribution < 1.29 is 4.79 Å². The van der Waals surface area contributed by atoms with Crippen molar-refractivity contribution in [2.75, 3.05) is 10.6 Å². The second-order valence-electron chi connectivity index (χ2n) is 6.07. The quantitative estimate of drug-likeness (QED) is 0.743. The predicted octanol–water partition coefficient (Wildman–Crippen LogP) is 4.40. The number of amides is 1.